The van der Waals surface area contributed by atoms with E-state index in [1.54, 1.807) is 7.11 Å². The summed E-state index contributed by atoms with van der Waals surface area (Å²) in [6.45, 7) is 3.75. The van der Waals surface area contributed by atoms with Gasteiger partial charge in [0.05, 0.1) is 19.3 Å². The summed E-state index contributed by atoms with van der Waals surface area (Å²) in [4.78, 5) is 12.2. The summed E-state index contributed by atoms with van der Waals surface area (Å²) in [5, 5.41) is 0. The SMILES string of the molecule is C=CC[C@H]1CCC[C@@H](CC(=O)c2ccc(OC)cc2)O1. The molecule has 1 fully saturated rings. The Morgan fingerprint density at radius 3 is 2.70 bits per heavy atom. The number of ketones is 1. The van der Waals surface area contributed by atoms with Crippen LogP contribution in [0, 0.1) is 0 Å². The Balaban J connectivity index is 1.91. The molecule has 0 bridgehead atoms. The van der Waals surface area contributed by atoms with Crippen LogP contribution in [0.5, 0.6) is 5.75 Å². The van der Waals surface area contributed by atoms with Crippen LogP contribution in [0.3, 0.4) is 0 Å². The molecule has 0 aromatic heterocycles. The number of ether oxygens (including phenoxy) is 2. The van der Waals surface area contributed by atoms with Crippen molar-refractivity contribution in [3.8, 4) is 5.75 Å². The summed E-state index contributed by atoms with van der Waals surface area (Å²) in [6.07, 6.45) is 6.65. The number of hydrogen-bond donors (Lipinski definition) is 0. The van der Waals surface area contributed by atoms with E-state index in [9.17, 15) is 4.79 Å². The minimum Gasteiger partial charge on any atom is -0.497 e. The topological polar surface area (TPSA) is 35.5 Å². The Hall–Kier alpha value is -1.61. The maximum absolute atomic E-state index is 12.2. The van der Waals surface area contributed by atoms with Crippen LogP contribution >= 0.6 is 0 Å². The number of benzene rings is 1. The monoisotopic (exact) mass is 274 g/mol. The molecule has 0 spiro atoms. The third-order valence-electron chi connectivity index (χ3n) is 3.69. The zero-order valence-corrected chi connectivity index (χ0v) is 12.0. The van der Waals surface area contributed by atoms with Crippen LogP contribution in [0.2, 0.25) is 0 Å². The number of Topliss-reactive ketones (excluding diaryl/α,β-unsaturated/α-hetero) is 1. The first-order valence-electron chi connectivity index (χ1n) is 7.16. The fraction of sp³-hybridized carbons (Fsp3) is 0.471. The van der Waals surface area contributed by atoms with Crippen molar-refractivity contribution in [1.29, 1.82) is 0 Å². The van der Waals surface area contributed by atoms with Crippen molar-refractivity contribution in [2.45, 2.75) is 44.3 Å². The average molecular weight is 274 g/mol. The molecule has 0 N–H and O–H groups in total. The first-order chi connectivity index (χ1) is 9.72. The summed E-state index contributed by atoms with van der Waals surface area (Å²) in [5.74, 6) is 0.901. The third kappa shape index (κ3) is 3.94. The predicted octanol–water partition coefficient (Wildman–Crippen LogP) is 3.78. The lowest BCUT2D eigenvalue weighted by Gasteiger charge is -2.29. The van der Waals surface area contributed by atoms with E-state index in [2.05, 4.69) is 6.58 Å². The van der Waals surface area contributed by atoms with E-state index in [1.165, 1.54) is 0 Å². The molecular formula is C17H22O3. The number of carbonyl (C=O) groups is 1. The zero-order chi connectivity index (χ0) is 14.4. The van der Waals surface area contributed by atoms with Crippen molar-refractivity contribution in [1.82, 2.24) is 0 Å². The molecular weight excluding hydrogens is 252 g/mol. The first kappa shape index (κ1) is 14.8. The van der Waals surface area contributed by atoms with Crippen LogP contribution in [-0.4, -0.2) is 25.1 Å². The molecule has 0 radical (unpaired) electrons. The molecule has 0 saturated carbocycles. The molecule has 0 aliphatic carbocycles. The van der Waals surface area contributed by atoms with Crippen molar-refractivity contribution >= 4 is 5.78 Å². The number of methoxy groups -OCH3 is 1. The van der Waals surface area contributed by atoms with E-state index in [-0.39, 0.29) is 18.0 Å². The minimum atomic E-state index is 0.0447. The molecule has 2 atom stereocenters. The van der Waals surface area contributed by atoms with Gasteiger partial charge in [-0.1, -0.05) is 6.08 Å². The zero-order valence-electron chi connectivity index (χ0n) is 12.0. The summed E-state index contributed by atoms with van der Waals surface area (Å²) >= 11 is 0. The van der Waals surface area contributed by atoms with Crippen LogP contribution in [0.15, 0.2) is 36.9 Å². The maximum Gasteiger partial charge on any atom is 0.165 e. The molecule has 1 aromatic carbocycles. The highest BCUT2D eigenvalue weighted by molar-refractivity contribution is 5.96. The summed E-state index contributed by atoms with van der Waals surface area (Å²) in [6, 6.07) is 7.25. The van der Waals surface area contributed by atoms with Gasteiger partial charge in [-0.15, -0.1) is 6.58 Å². The lowest BCUT2D eigenvalue weighted by Crippen LogP contribution is -2.29. The second-order valence-corrected chi connectivity index (χ2v) is 5.19. The molecule has 1 aliphatic rings. The lowest BCUT2D eigenvalue weighted by atomic mass is 9.97. The van der Waals surface area contributed by atoms with Crippen molar-refractivity contribution < 1.29 is 14.3 Å². The van der Waals surface area contributed by atoms with Crippen LogP contribution in [0.1, 0.15) is 42.5 Å². The summed E-state index contributed by atoms with van der Waals surface area (Å²) < 4.78 is 11.0. The van der Waals surface area contributed by atoms with Gasteiger partial charge in [-0.25, -0.2) is 0 Å². The van der Waals surface area contributed by atoms with Gasteiger partial charge < -0.3 is 9.47 Å². The van der Waals surface area contributed by atoms with Crippen LogP contribution in [0.4, 0.5) is 0 Å². The van der Waals surface area contributed by atoms with E-state index in [4.69, 9.17) is 9.47 Å². The molecule has 0 amide bonds. The van der Waals surface area contributed by atoms with Crippen LogP contribution in [0.25, 0.3) is 0 Å². The normalized spacial score (nSPS) is 22.2. The van der Waals surface area contributed by atoms with E-state index in [0.717, 1.165) is 37.0 Å². The summed E-state index contributed by atoms with van der Waals surface area (Å²) in [7, 11) is 1.62. The molecule has 108 valence electrons. The standard InChI is InChI=1S/C17H22O3/c1-3-5-15-6-4-7-16(20-15)12-17(18)13-8-10-14(19-2)11-9-13/h3,8-11,15-16H,1,4-7,12H2,2H3/t15-,16-/m0/s1. The van der Waals surface area contributed by atoms with Crippen LogP contribution < -0.4 is 4.74 Å². The highest BCUT2D eigenvalue weighted by atomic mass is 16.5. The molecule has 20 heavy (non-hydrogen) atoms. The van der Waals surface area contributed by atoms with E-state index in [1.807, 2.05) is 30.3 Å². The number of carbonyl (C=O) groups excluding carboxylic acids is 1. The fourth-order valence-electron chi connectivity index (χ4n) is 2.59. The van der Waals surface area contributed by atoms with Gasteiger partial charge in [0.25, 0.3) is 0 Å². The summed E-state index contributed by atoms with van der Waals surface area (Å²) in [5.41, 5.74) is 0.722. The maximum atomic E-state index is 12.2. The van der Waals surface area contributed by atoms with Gasteiger partial charge in [0.1, 0.15) is 5.75 Å². The van der Waals surface area contributed by atoms with E-state index < -0.39 is 0 Å². The largest absolute Gasteiger partial charge is 0.497 e. The van der Waals surface area contributed by atoms with E-state index in [0.29, 0.717) is 6.42 Å². The Bertz CT molecular complexity index is 450. The second-order valence-electron chi connectivity index (χ2n) is 5.19. The molecule has 0 unspecified atom stereocenters. The Kier molecular flexibility index (Phi) is 5.36. The van der Waals surface area contributed by atoms with Crippen molar-refractivity contribution in [3.05, 3.63) is 42.5 Å². The molecule has 2 rings (SSSR count). The predicted molar refractivity (Wildman–Crippen MR) is 79.3 cm³/mol. The van der Waals surface area contributed by atoms with Crippen LogP contribution in [-0.2, 0) is 4.74 Å². The second kappa shape index (κ2) is 7.25. The fourth-order valence-corrected chi connectivity index (χ4v) is 2.59. The molecule has 1 heterocycles. The minimum absolute atomic E-state index is 0.0447. The number of rotatable bonds is 6. The number of hydrogen-bond acceptors (Lipinski definition) is 3. The lowest BCUT2D eigenvalue weighted by molar-refractivity contribution is -0.0469. The molecule has 3 heteroatoms. The van der Waals surface area contributed by atoms with Gasteiger partial charge in [-0.3, -0.25) is 4.79 Å². The molecule has 1 aliphatic heterocycles. The van der Waals surface area contributed by atoms with Gasteiger partial charge in [-0.2, -0.15) is 0 Å². The van der Waals surface area contributed by atoms with E-state index >= 15 is 0 Å². The van der Waals surface area contributed by atoms with Gasteiger partial charge in [0.15, 0.2) is 5.78 Å². The molecule has 3 nitrogen and oxygen atoms in total. The Labute approximate surface area is 120 Å². The molecule has 1 saturated heterocycles. The highest BCUT2D eigenvalue weighted by Crippen LogP contribution is 2.24. The Morgan fingerprint density at radius 1 is 1.35 bits per heavy atom. The van der Waals surface area contributed by atoms with Gasteiger partial charge in [-0.05, 0) is 49.9 Å². The van der Waals surface area contributed by atoms with Gasteiger partial charge in [0, 0.05) is 12.0 Å². The van der Waals surface area contributed by atoms with Crippen molar-refractivity contribution in [2.75, 3.05) is 7.11 Å². The highest BCUT2D eigenvalue weighted by Gasteiger charge is 2.24. The van der Waals surface area contributed by atoms with Gasteiger partial charge >= 0.3 is 0 Å². The van der Waals surface area contributed by atoms with Crippen molar-refractivity contribution in [2.24, 2.45) is 0 Å². The molecule has 1 aromatic rings. The van der Waals surface area contributed by atoms with Crippen molar-refractivity contribution in [3.63, 3.8) is 0 Å². The third-order valence-corrected chi connectivity index (χ3v) is 3.69. The Morgan fingerprint density at radius 2 is 2.05 bits per heavy atom. The average Bonchev–Trinajstić information content (AvgIpc) is 2.48. The quantitative estimate of drug-likeness (QED) is 0.585. The van der Waals surface area contributed by atoms with Gasteiger partial charge in [0.2, 0.25) is 0 Å². The first-order valence-corrected chi connectivity index (χ1v) is 7.16. The smallest absolute Gasteiger partial charge is 0.165 e.